The third-order valence-corrected chi connectivity index (χ3v) is 6.24. The van der Waals surface area contributed by atoms with E-state index < -0.39 is 5.97 Å². The first-order valence-corrected chi connectivity index (χ1v) is 12.5. The van der Waals surface area contributed by atoms with Gasteiger partial charge in [-0.25, -0.2) is 10.2 Å². The molecule has 0 unspecified atom stereocenters. The van der Waals surface area contributed by atoms with Crippen LogP contribution in [-0.4, -0.2) is 50.3 Å². The SMILES string of the molecule is CCOc1ccc(-n2c(SCC(=O)N/N=C/c3ccccc3C(=O)O)nnc2-c2ccc(Cl)cc2)cc1. The van der Waals surface area contributed by atoms with Gasteiger partial charge in [-0.15, -0.1) is 10.2 Å². The van der Waals surface area contributed by atoms with Gasteiger partial charge in [0.25, 0.3) is 5.91 Å². The summed E-state index contributed by atoms with van der Waals surface area (Å²) in [5.41, 5.74) is 4.50. The number of hydrazone groups is 1. The molecule has 3 aromatic carbocycles. The molecule has 4 rings (SSSR count). The van der Waals surface area contributed by atoms with Gasteiger partial charge in [-0.3, -0.25) is 9.36 Å². The molecule has 0 fully saturated rings. The van der Waals surface area contributed by atoms with Crippen molar-refractivity contribution in [1.29, 1.82) is 0 Å². The van der Waals surface area contributed by atoms with Crippen LogP contribution < -0.4 is 10.2 Å². The van der Waals surface area contributed by atoms with Gasteiger partial charge in [-0.05, 0) is 61.5 Å². The Balaban J connectivity index is 1.52. The highest BCUT2D eigenvalue weighted by Gasteiger charge is 2.17. The van der Waals surface area contributed by atoms with E-state index in [-0.39, 0.29) is 17.2 Å². The van der Waals surface area contributed by atoms with Crippen LogP contribution >= 0.6 is 23.4 Å². The van der Waals surface area contributed by atoms with E-state index in [0.717, 1.165) is 17.0 Å². The number of aromatic nitrogens is 3. The molecule has 0 bridgehead atoms. The molecule has 4 aromatic rings. The van der Waals surface area contributed by atoms with Crippen molar-refractivity contribution in [3.05, 3.63) is 88.9 Å². The van der Waals surface area contributed by atoms with Crippen molar-refractivity contribution in [3.8, 4) is 22.8 Å². The monoisotopic (exact) mass is 535 g/mol. The van der Waals surface area contributed by atoms with Crippen molar-refractivity contribution in [2.24, 2.45) is 5.10 Å². The van der Waals surface area contributed by atoms with Crippen LogP contribution in [-0.2, 0) is 4.79 Å². The Morgan fingerprint density at radius 1 is 1.08 bits per heavy atom. The molecule has 1 heterocycles. The number of carboxylic acid groups (broad SMARTS) is 1. The zero-order chi connectivity index (χ0) is 26.2. The number of carbonyl (C=O) groups is 2. The first kappa shape index (κ1) is 25.9. The third kappa shape index (κ3) is 6.54. The Kier molecular flexibility index (Phi) is 8.55. The maximum atomic E-state index is 12.5. The van der Waals surface area contributed by atoms with Crippen molar-refractivity contribution in [2.45, 2.75) is 12.1 Å². The molecule has 0 aliphatic rings. The largest absolute Gasteiger partial charge is 0.494 e. The Labute approximate surface area is 222 Å². The number of carboxylic acids is 1. The topological polar surface area (TPSA) is 119 Å². The number of hydrogen-bond donors (Lipinski definition) is 2. The van der Waals surface area contributed by atoms with E-state index in [1.54, 1.807) is 30.3 Å². The van der Waals surface area contributed by atoms with E-state index in [2.05, 4.69) is 20.7 Å². The average Bonchev–Trinajstić information content (AvgIpc) is 3.32. The van der Waals surface area contributed by atoms with Crippen LogP contribution in [0.4, 0.5) is 0 Å². The lowest BCUT2D eigenvalue weighted by Gasteiger charge is -2.11. The van der Waals surface area contributed by atoms with Gasteiger partial charge in [0.2, 0.25) is 0 Å². The fourth-order valence-corrected chi connectivity index (χ4v) is 4.25. The zero-order valence-corrected chi connectivity index (χ0v) is 21.2. The van der Waals surface area contributed by atoms with Crippen LogP contribution in [0.25, 0.3) is 17.1 Å². The molecule has 37 heavy (non-hydrogen) atoms. The van der Waals surface area contributed by atoms with Crippen LogP contribution in [0.1, 0.15) is 22.8 Å². The number of amides is 1. The summed E-state index contributed by atoms with van der Waals surface area (Å²) in [5, 5.41) is 22.9. The minimum atomic E-state index is -1.07. The van der Waals surface area contributed by atoms with Crippen LogP contribution in [0.2, 0.25) is 5.02 Å². The molecule has 2 N–H and O–H groups in total. The summed E-state index contributed by atoms with van der Waals surface area (Å²) >= 11 is 7.24. The molecule has 1 aromatic heterocycles. The molecule has 0 saturated heterocycles. The third-order valence-electron chi connectivity index (χ3n) is 5.06. The second-order valence-corrected chi connectivity index (χ2v) is 8.93. The van der Waals surface area contributed by atoms with E-state index in [1.165, 1.54) is 24.0 Å². The number of nitrogens with zero attached hydrogens (tertiary/aromatic N) is 4. The van der Waals surface area contributed by atoms with E-state index in [1.807, 2.05) is 47.9 Å². The zero-order valence-electron chi connectivity index (χ0n) is 19.7. The average molecular weight is 536 g/mol. The van der Waals surface area contributed by atoms with Gasteiger partial charge in [0.05, 0.1) is 24.1 Å². The maximum absolute atomic E-state index is 12.5. The summed E-state index contributed by atoms with van der Waals surface area (Å²) in [6.07, 6.45) is 1.30. The summed E-state index contributed by atoms with van der Waals surface area (Å²) < 4.78 is 7.40. The number of ether oxygens (including phenoxy) is 1. The van der Waals surface area contributed by atoms with Crippen LogP contribution in [0.3, 0.4) is 0 Å². The van der Waals surface area contributed by atoms with Crippen molar-refractivity contribution in [3.63, 3.8) is 0 Å². The number of benzene rings is 3. The predicted octanol–water partition coefficient (Wildman–Crippen LogP) is 4.93. The van der Waals surface area contributed by atoms with Crippen molar-refractivity contribution < 1.29 is 19.4 Å². The molecule has 0 radical (unpaired) electrons. The second-order valence-electron chi connectivity index (χ2n) is 7.55. The Hall–Kier alpha value is -4.15. The lowest BCUT2D eigenvalue weighted by molar-refractivity contribution is -0.118. The highest BCUT2D eigenvalue weighted by molar-refractivity contribution is 7.99. The first-order chi connectivity index (χ1) is 18.0. The summed E-state index contributed by atoms with van der Waals surface area (Å²) in [6, 6.07) is 21.1. The molecule has 0 aliphatic carbocycles. The highest BCUT2D eigenvalue weighted by atomic mass is 35.5. The molecular formula is C26H22ClN5O4S. The molecule has 9 nitrogen and oxygen atoms in total. The summed E-state index contributed by atoms with van der Waals surface area (Å²) in [4.78, 5) is 23.8. The maximum Gasteiger partial charge on any atom is 0.336 e. The molecule has 188 valence electrons. The quantitative estimate of drug-likeness (QED) is 0.168. The van der Waals surface area contributed by atoms with Crippen molar-refractivity contribution in [2.75, 3.05) is 12.4 Å². The van der Waals surface area contributed by atoms with Gasteiger partial charge in [-0.1, -0.05) is 41.6 Å². The van der Waals surface area contributed by atoms with Gasteiger partial charge in [0.15, 0.2) is 11.0 Å². The van der Waals surface area contributed by atoms with Crippen LogP contribution in [0.5, 0.6) is 5.75 Å². The minimum Gasteiger partial charge on any atom is -0.494 e. The number of halogens is 1. The van der Waals surface area contributed by atoms with Crippen LogP contribution in [0.15, 0.2) is 83.1 Å². The van der Waals surface area contributed by atoms with Gasteiger partial charge < -0.3 is 9.84 Å². The van der Waals surface area contributed by atoms with Gasteiger partial charge in [-0.2, -0.15) is 5.10 Å². The molecule has 0 saturated carbocycles. The van der Waals surface area contributed by atoms with Crippen molar-refractivity contribution in [1.82, 2.24) is 20.2 Å². The Morgan fingerprint density at radius 2 is 1.81 bits per heavy atom. The molecule has 0 aliphatic heterocycles. The molecule has 1 amide bonds. The highest BCUT2D eigenvalue weighted by Crippen LogP contribution is 2.29. The second kappa shape index (κ2) is 12.2. The number of rotatable bonds is 10. The number of aromatic carboxylic acids is 1. The van der Waals surface area contributed by atoms with E-state index in [9.17, 15) is 14.7 Å². The fraction of sp³-hybridized carbons (Fsp3) is 0.115. The molecular weight excluding hydrogens is 514 g/mol. The van der Waals surface area contributed by atoms with Gasteiger partial charge in [0, 0.05) is 21.8 Å². The number of nitrogens with one attached hydrogen (secondary N) is 1. The normalized spacial score (nSPS) is 11.0. The predicted molar refractivity (Wildman–Crippen MR) is 143 cm³/mol. The molecule has 11 heteroatoms. The minimum absolute atomic E-state index is 0.00764. The van der Waals surface area contributed by atoms with Gasteiger partial charge in [0.1, 0.15) is 5.75 Å². The fourth-order valence-electron chi connectivity index (χ4n) is 3.38. The van der Waals surface area contributed by atoms with Crippen LogP contribution in [0, 0.1) is 0 Å². The van der Waals surface area contributed by atoms with E-state index >= 15 is 0 Å². The van der Waals surface area contributed by atoms with Crippen molar-refractivity contribution >= 4 is 41.5 Å². The number of carbonyl (C=O) groups excluding carboxylic acids is 1. The summed E-state index contributed by atoms with van der Waals surface area (Å²) in [5.74, 6) is -0.124. The molecule has 0 spiro atoms. The van der Waals surface area contributed by atoms with Gasteiger partial charge >= 0.3 is 5.97 Å². The number of thioether (sulfide) groups is 1. The lowest BCUT2D eigenvalue weighted by atomic mass is 10.1. The number of hydrogen-bond acceptors (Lipinski definition) is 7. The Morgan fingerprint density at radius 3 is 2.51 bits per heavy atom. The van der Waals surface area contributed by atoms with E-state index in [0.29, 0.717) is 28.2 Å². The first-order valence-electron chi connectivity index (χ1n) is 11.2. The van der Waals surface area contributed by atoms with E-state index in [4.69, 9.17) is 16.3 Å². The smallest absolute Gasteiger partial charge is 0.336 e. The molecule has 0 atom stereocenters. The summed E-state index contributed by atoms with van der Waals surface area (Å²) in [7, 11) is 0. The Bertz CT molecular complexity index is 1420. The lowest BCUT2D eigenvalue weighted by Crippen LogP contribution is -2.20. The summed E-state index contributed by atoms with van der Waals surface area (Å²) in [6.45, 7) is 2.48. The standard InChI is InChI=1S/C26H22ClN5O4S/c1-2-36-21-13-11-20(12-14-21)32-24(17-7-9-19(27)10-8-17)30-31-26(32)37-16-23(33)29-28-15-18-5-3-4-6-22(18)25(34)35/h3-15H,2,16H2,1H3,(H,29,33)(H,34,35)/b28-15+.